The maximum absolute atomic E-state index is 12.1. The van der Waals surface area contributed by atoms with Crippen LogP contribution in [0.5, 0.6) is 5.75 Å². The Bertz CT molecular complexity index is 948. The van der Waals surface area contributed by atoms with Crippen molar-refractivity contribution in [1.29, 1.82) is 0 Å². The van der Waals surface area contributed by atoms with Crippen molar-refractivity contribution in [1.82, 2.24) is 5.43 Å². The first-order valence-electron chi connectivity index (χ1n) is 9.37. The number of amides is 1. The fourth-order valence-corrected chi connectivity index (χ4v) is 2.86. The number of ether oxygens (including phenoxy) is 1. The standard InChI is InChI=1S/C24H24N2O2/c1-3-22(21-15-13-20(14-16-21)19-10-5-4-6-11-19)25-26-24(27)17-28-23-12-8-7-9-18(23)2/h4-16H,3,17H2,1-2H3,(H,26,27)/b25-22-. The first kappa shape index (κ1) is 19.4. The van der Waals surface area contributed by atoms with Gasteiger partial charge in [0.15, 0.2) is 6.61 Å². The largest absolute Gasteiger partial charge is 0.483 e. The van der Waals surface area contributed by atoms with Crippen LogP contribution >= 0.6 is 0 Å². The molecule has 0 bridgehead atoms. The van der Waals surface area contributed by atoms with E-state index in [1.807, 2.05) is 68.4 Å². The Labute approximate surface area is 165 Å². The van der Waals surface area contributed by atoms with E-state index in [-0.39, 0.29) is 12.5 Å². The van der Waals surface area contributed by atoms with Crippen LogP contribution in [0, 0.1) is 6.92 Å². The van der Waals surface area contributed by atoms with Gasteiger partial charge in [0.2, 0.25) is 0 Å². The number of aryl methyl sites for hydroxylation is 1. The van der Waals surface area contributed by atoms with Gasteiger partial charge in [0, 0.05) is 0 Å². The van der Waals surface area contributed by atoms with Crippen molar-refractivity contribution in [2.75, 3.05) is 6.61 Å². The maximum Gasteiger partial charge on any atom is 0.277 e. The molecule has 0 aliphatic carbocycles. The SMILES string of the molecule is CC/C(=N/NC(=O)COc1ccccc1C)c1ccc(-c2ccccc2)cc1. The second kappa shape index (κ2) is 9.51. The Kier molecular flexibility index (Phi) is 6.58. The predicted octanol–water partition coefficient (Wildman–Crippen LogP) is 4.97. The van der Waals surface area contributed by atoms with Crippen LogP contribution in [0.15, 0.2) is 84.0 Å². The Morgan fingerprint density at radius 3 is 2.21 bits per heavy atom. The molecular formula is C24H24N2O2. The number of carbonyl (C=O) groups excluding carboxylic acids is 1. The lowest BCUT2D eigenvalue weighted by atomic mass is 10.0. The Morgan fingerprint density at radius 2 is 1.54 bits per heavy atom. The molecule has 4 nitrogen and oxygen atoms in total. The van der Waals surface area contributed by atoms with Gasteiger partial charge in [-0.15, -0.1) is 0 Å². The molecule has 1 N–H and O–H groups in total. The summed E-state index contributed by atoms with van der Waals surface area (Å²) in [5.41, 5.74) is 7.72. The molecule has 1 amide bonds. The predicted molar refractivity (Wildman–Crippen MR) is 114 cm³/mol. The smallest absolute Gasteiger partial charge is 0.277 e. The molecule has 0 atom stereocenters. The zero-order chi connectivity index (χ0) is 19.8. The molecule has 0 spiro atoms. The molecule has 0 aromatic heterocycles. The summed E-state index contributed by atoms with van der Waals surface area (Å²) in [6, 6.07) is 26.0. The summed E-state index contributed by atoms with van der Waals surface area (Å²) in [7, 11) is 0. The van der Waals surface area contributed by atoms with Crippen molar-refractivity contribution in [3.05, 3.63) is 90.0 Å². The second-order valence-electron chi connectivity index (χ2n) is 6.44. The van der Waals surface area contributed by atoms with Gasteiger partial charge in [-0.05, 0) is 41.7 Å². The van der Waals surface area contributed by atoms with Crippen LogP contribution in [0.4, 0.5) is 0 Å². The molecule has 0 aliphatic rings. The Balaban J connectivity index is 1.61. The normalized spacial score (nSPS) is 11.1. The molecule has 0 unspecified atom stereocenters. The first-order valence-corrected chi connectivity index (χ1v) is 9.37. The summed E-state index contributed by atoms with van der Waals surface area (Å²) < 4.78 is 5.55. The number of hydrogen-bond donors (Lipinski definition) is 1. The molecule has 0 saturated heterocycles. The van der Waals surface area contributed by atoms with Gasteiger partial charge >= 0.3 is 0 Å². The van der Waals surface area contributed by atoms with E-state index in [4.69, 9.17) is 4.74 Å². The van der Waals surface area contributed by atoms with E-state index in [9.17, 15) is 4.79 Å². The summed E-state index contributed by atoms with van der Waals surface area (Å²) in [6.45, 7) is 3.89. The fraction of sp³-hybridized carbons (Fsp3) is 0.167. The molecular weight excluding hydrogens is 348 g/mol. The number of hydrogen-bond acceptors (Lipinski definition) is 3. The number of benzene rings is 3. The van der Waals surface area contributed by atoms with E-state index >= 15 is 0 Å². The lowest BCUT2D eigenvalue weighted by Crippen LogP contribution is -2.26. The number of nitrogens with one attached hydrogen (secondary N) is 1. The molecule has 0 saturated carbocycles. The highest BCUT2D eigenvalue weighted by atomic mass is 16.5. The average Bonchev–Trinajstić information content (AvgIpc) is 2.75. The van der Waals surface area contributed by atoms with E-state index < -0.39 is 0 Å². The number of rotatable bonds is 7. The minimum atomic E-state index is -0.282. The van der Waals surface area contributed by atoms with E-state index in [0.717, 1.165) is 22.4 Å². The summed E-state index contributed by atoms with van der Waals surface area (Å²) in [5.74, 6) is 0.420. The van der Waals surface area contributed by atoms with Crippen LogP contribution in [-0.2, 0) is 4.79 Å². The lowest BCUT2D eigenvalue weighted by Gasteiger charge is -2.09. The number of hydrazone groups is 1. The van der Waals surface area contributed by atoms with Crippen LogP contribution in [-0.4, -0.2) is 18.2 Å². The van der Waals surface area contributed by atoms with Crippen LogP contribution in [0.2, 0.25) is 0 Å². The van der Waals surface area contributed by atoms with Crippen molar-refractivity contribution in [3.63, 3.8) is 0 Å². The van der Waals surface area contributed by atoms with Crippen molar-refractivity contribution in [2.45, 2.75) is 20.3 Å². The number of carbonyl (C=O) groups is 1. The summed E-state index contributed by atoms with van der Waals surface area (Å²) in [4.78, 5) is 12.1. The third-order valence-corrected chi connectivity index (χ3v) is 4.43. The van der Waals surface area contributed by atoms with Gasteiger partial charge in [-0.1, -0.05) is 79.7 Å². The lowest BCUT2D eigenvalue weighted by molar-refractivity contribution is -0.123. The molecule has 0 aliphatic heterocycles. The monoisotopic (exact) mass is 372 g/mol. The number of nitrogens with zero attached hydrogens (tertiary/aromatic N) is 1. The Hall–Kier alpha value is -3.40. The molecule has 28 heavy (non-hydrogen) atoms. The van der Waals surface area contributed by atoms with Gasteiger partial charge in [-0.2, -0.15) is 5.10 Å². The zero-order valence-electron chi connectivity index (χ0n) is 16.2. The fourth-order valence-electron chi connectivity index (χ4n) is 2.86. The van der Waals surface area contributed by atoms with Crippen LogP contribution < -0.4 is 10.2 Å². The molecule has 3 aromatic rings. The topological polar surface area (TPSA) is 50.7 Å². The minimum Gasteiger partial charge on any atom is -0.483 e. The van der Waals surface area contributed by atoms with Gasteiger partial charge in [-0.25, -0.2) is 5.43 Å². The van der Waals surface area contributed by atoms with Crippen LogP contribution in [0.25, 0.3) is 11.1 Å². The van der Waals surface area contributed by atoms with E-state index in [2.05, 4.69) is 34.8 Å². The van der Waals surface area contributed by atoms with E-state index in [0.29, 0.717) is 12.2 Å². The van der Waals surface area contributed by atoms with E-state index in [1.54, 1.807) is 0 Å². The van der Waals surface area contributed by atoms with Gasteiger partial charge < -0.3 is 4.74 Å². The minimum absolute atomic E-state index is 0.0711. The highest BCUT2D eigenvalue weighted by molar-refractivity contribution is 6.01. The molecule has 0 heterocycles. The third kappa shape index (κ3) is 5.07. The number of para-hydroxylation sites is 1. The van der Waals surface area contributed by atoms with Gasteiger partial charge in [0.1, 0.15) is 5.75 Å². The molecule has 142 valence electrons. The molecule has 0 fully saturated rings. The highest BCUT2D eigenvalue weighted by Crippen LogP contribution is 2.20. The maximum atomic E-state index is 12.1. The van der Waals surface area contributed by atoms with E-state index in [1.165, 1.54) is 5.56 Å². The van der Waals surface area contributed by atoms with Crippen LogP contribution in [0.1, 0.15) is 24.5 Å². The Morgan fingerprint density at radius 1 is 0.893 bits per heavy atom. The summed E-state index contributed by atoms with van der Waals surface area (Å²) in [6.07, 6.45) is 0.712. The molecule has 4 heteroatoms. The van der Waals surface area contributed by atoms with Crippen molar-refractivity contribution < 1.29 is 9.53 Å². The highest BCUT2D eigenvalue weighted by Gasteiger charge is 2.06. The van der Waals surface area contributed by atoms with Crippen molar-refractivity contribution >= 4 is 11.6 Å². The van der Waals surface area contributed by atoms with Gasteiger partial charge in [0.25, 0.3) is 5.91 Å². The first-order chi connectivity index (χ1) is 13.7. The molecule has 3 rings (SSSR count). The van der Waals surface area contributed by atoms with Crippen LogP contribution in [0.3, 0.4) is 0 Å². The van der Waals surface area contributed by atoms with Crippen molar-refractivity contribution in [2.24, 2.45) is 5.10 Å². The summed E-state index contributed by atoms with van der Waals surface area (Å²) >= 11 is 0. The van der Waals surface area contributed by atoms with Crippen molar-refractivity contribution in [3.8, 4) is 16.9 Å². The quantitative estimate of drug-likeness (QED) is 0.470. The summed E-state index contributed by atoms with van der Waals surface area (Å²) in [5, 5.41) is 4.29. The second-order valence-corrected chi connectivity index (χ2v) is 6.44. The zero-order valence-corrected chi connectivity index (χ0v) is 16.2. The molecule has 0 radical (unpaired) electrons. The van der Waals surface area contributed by atoms with Gasteiger partial charge in [-0.3, -0.25) is 4.79 Å². The third-order valence-electron chi connectivity index (χ3n) is 4.43. The van der Waals surface area contributed by atoms with Gasteiger partial charge in [0.05, 0.1) is 5.71 Å². The molecule has 3 aromatic carbocycles. The average molecular weight is 372 g/mol.